The first-order chi connectivity index (χ1) is 9.56. The number of carboxylic acids is 1. The smallest absolute Gasteiger partial charge is 0.323 e. The zero-order valence-electron chi connectivity index (χ0n) is 10.8. The van der Waals surface area contributed by atoms with Crippen LogP contribution in [0.15, 0.2) is 36.4 Å². The molecule has 0 unspecified atom stereocenters. The zero-order chi connectivity index (χ0) is 14.5. The van der Waals surface area contributed by atoms with E-state index in [1.54, 1.807) is 24.3 Å². The zero-order valence-corrected chi connectivity index (χ0v) is 11.5. The average molecular weight is 295 g/mol. The van der Waals surface area contributed by atoms with Crippen LogP contribution in [0.2, 0.25) is 5.02 Å². The predicted octanol–water partition coefficient (Wildman–Crippen LogP) is 2.66. The van der Waals surface area contributed by atoms with E-state index < -0.39 is 18.5 Å². The first-order valence-electron chi connectivity index (χ1n) is 6.26. The van der Waals surface area contributed by atoms with E-state index in [0.29, 0.717) is 10.7 Å². The molecule has 0 atom stereocenters. The van der Waals surface area contributed by atoms with Gasteiger partial charge in [-0.2, -0.15) is 0 Å². The number of urea groups is 1. The third kappa shape index (κ3) is 3.74. The maximum absolute atomic E-state index is 12.2. The van der Waals surface area contributed by atoms with E-state index in [4.69, 9.17) is 16.7 Å². The van der Waals surface area contributed by atoms with Crippen molar-refractivity contribution in [3.05, 3.63) is 41.4 Å². The molecule has 5 nitrogen and oxygen atoms in total. The molecule has 0 saturated carbocycles. The molecule has 1 aliphatic carbocycles. The third-order valence-electron chi connectivity index (χ3n) is 3.01. The minimum atomic E-state index is -1.07. The van der Waals surface area contributed by atoms with Crippen molar-refractivity contribution in [1.82, 2.24) is 5.32 Å². The van der Waals surface area contributed by atoms with Crippen molar-refractivity contribution in [2.45, 2.75) is 18.9 Å². The minimum Gasteiger partial charge on any atom is -0.480 e. The highest BCUT2D eigenvalue weighted by Gasteiger charge is 2.22. The highest BCUT2D eigenvalue weighted by atomic mass is 35.5. The summed E-state index contributed by atoms with van der Waals surface area (Å²) in [7, 11) is 0. The number of amides is 2. The van der Waals surface area contributed by atoms with Gasteiger partial charge in [-0.05, 0) is 37.1 Å². The van der Waals surface area contributed by atoms with Crippen LogP contribution in [0, 0.1) is 0 Å². The lowest BCUT2D eigenvalue weighted by molar-refractivity contribution is -0.135. The minimum absolute atomic E-state index is 0.0334. The van der Waals surface area contributed by atoms with Gasteiger partial charge in [0.1, 0.15) is 6.54 Å². The number of nitrogens with zero attached hydrogens (tertiary/aromatic N) is 1. The van der Waals surface area contributed by atoms with E-state index in [9.17, 15) is 9.59 Å². The Morgan fingerprint density at radius 1 is 1.25 bits per heavy atom. The number of carbonyl (C=O) groups is 2. The molecule has 2 N–H and O–H groups in total. The van der Waals surface area contributed by atoms with Crippen molar-refractivity contribution in [2.75, 3.05) is 11.4 Å². The molecule has 2 amide bonds. The SMILES string of the molecule is O=C(O)CN(C(=O)NC1CC=CC1)c1ccc(Cl)cc1. The first-order valence-corrected chi connectivity index (χ1v) is 6.64. The lowest BCUT2D eigenvalue weighted by Crippen LogP contribution is -2.46. The summed E-state index contributed by atoms with van der Waals surface area (Å²) >= 11 is 5.80. The summed E-state index contributed by atoms with van der Waals surface area (Å²) < 4.78 is 0. The molecule has 0 heterocycles. The average Bonchev–Trinajstić information content (AvgIpc) is 2.89. The normalized spacial score (nSPS) is 14.2. The monoisotopic (exact) mass is 294 g/mol. The van der Waals surface area contributed by atoms with Crippen molar-refractivity contribution in [1.29, 1.82) is 0 Å². The van der Waals surface area contributed by atoms with Crippen molar-refractivity contribution in [2.24, 2.45) is 0 Å². The van der Waals surface area contributed by atoms with Crippen LogP contribution in [0.5, 0.6) is 0 Å². The number of carbonyl (C=O) groups excluding carboxylic acids is 1. The molecule has 0 bridgehead atoms. The maximum atomic E-state index is 12.2. The van der Waals surface area contributed by atoms with E-state index in [2.05, 4.69) is 5.32 Å². The molecule has 2 rings (SSSR count). The summed E-state index contributed by atoms with van der Waals surface area (Å²) in [6.45, 7) is -0.395. The van der Waals surface area contributed by atoms with Gasteiger partial charge in [0.2, 0.25) is 0 Å². The fraction of sp³-hybridized carbons (Fsp3) is 0.286. The van der Waals surface area contributed by atoms with Crippen molar-refractivity contribution < 1.29 is 14.7 Å². The van der Waals surface area contributed by atoms with Gasteiger partial charge in [-0.1, -0.05) is 23.8 Å². The molecule has 0 saturated heterocycles. The Hall–Kier alpha value is -2.01. The van der Waals surface area contributed by atoms with Gasteiger partial charge in [-0.25, -0.2) is 4.79 Å². The van der Waals surface area contributed by atoms with Crippen molar-refractivity contribution in [3.8, 4) is 0 Å². The number of benzene rings is 1. The summed E-state index contributed by atoms with van der Waals surface area (Å²) in [4.78, 5) is 24.3. The number of carboxylic acid groups (broad SMARTS) is 1. The number of anilines is 1. The molecular formula is C14H15ClN2O3. The molecule has 0 aliphatic heterocycles. The molecule has 1 aromatic carbocycles. The predicted molar refractivity (Wildman–Crippen MR) is 77.1 cm³/mol. The van der Waals surface area contributed by atoms with Crippen LogP contribution in [0.3, 0.4) is 0 Å². The Bertz CT molecular complexity index is 520. The summed E-state index contributed by atoms with van der Waals surface area (Å²) in [5.41, 5.74) is 0.500. The first kappa shape index (κ1) is 14.4. The van der Waals surface area contributed by atoms with Crippen LogP contribution in [0.4, 0.5) is 10.5 Å². The largest absolute Gasteiger partial charge is 0.480 e. The molecule has 1 aliphatic rings. The highest BCUT2D eigenvalue weighted by molar-refractivity contribution is 6.30. The Morgan fingerprint density at radius 3 is 2.40 bits per heavy atom. The highest BCUT2D eigenvalue weighted by Crippen LogP contribution is 2.19. The topological polar surface area (TPSA) is 69.6 Å². The van der Waals surface area contributed by atoms with Crippen LogP contribution >= 0.6 is 11.6 Å². The fourth-order valence-electron chi connectivity index (χ4n) is 2.02. The third-order valence-corrected chi connectivity index (χ3v) is 3.26. The molecule has 0 fully saturated rings. The Balaban J connectivity index is 2.11. The van der Waals surface area contributed by atoms with Gasteiger partial charge in [0.05, 0.1) is 0 Å². The molecule has 0 spiro atoms. The number of rotatable bonds is 4. The molecule has 0 radical (unpaired) electrons. The number of hydrogen-bond acceptors (Lipinski definition) is 2. The van der Waals surface area contributed by atoms with Crippen LogP contribution < -0.4 is 10.2 Å². The van der Waals surface area contributed by atoms with Crippen LogP contribution in [0.25, 0.3) is 0 Å². The number of aliphatic carboxylic acids is 1. The second-order valence-electron chi connectivity index (χ2n) is 4.55. The second kappa shape index (κ2) is 6.43. The Morgan fingerprint density at radius 2 is 1.85 bits per heavy atom. The van der Waals surface area contributed by atoms with Gasteiger partial charge < -0.3 is 10.4 Å². The van der Waals surface area contributed by atoms with E-state index in [0.717, 1.165) is 12.8 Å². The van der Waals surface area contributed by atoms with Gasteiger partial charge in [0.25, 0.3) is 0 Å². The summed E-state index contributed by atoms with van der Waals surface area (Å²) in [5, 5.41) is 12.3. The van der Waals surface area contributed by atoms with Gasteiger partial charge in [0.15, 0.2) is 0 Å². The standard InChI is InChI=1S/C14H15ClN2O3/c15-10-5-7-12(8-6-10)17(9-13(18)19)14(20)16-11-3-1-2-4-11/h1-2,5-8,11H,3-4,9H2,(H,16,20)(H,18,19). The number of hydrogen-bond donors (Lipinski definition) is 2. The summed E-state index contributed by atoms with van der Waals surface area (Å²) in [6.07, 6.45) is 5.53. The van der Waals surface area contributed by atoms with E-state index in [1.807, 2.05) is 12.2 Å². The Labute approximate surface area is 121 Å². The van der Waals surface area contributed by atoms with Gasteiger partial charge >= 0.3 is 12.0 Å². The maximum Gasteiger partial charge on any atom is 0.323 e. The lowest BCUT2D eigenvalue weighted by atomic mass is 10.2. The fourth-order valence-corrected chi connectivity index (χ4v) is 2.15. The lowest BCUT2D eigenvalue weighted by Gasteiger charge is -2.23. The molecule has 1 aromatic rings. The van der Waals surface area contributed by atoms with Crippen LogP contribution in [-0.4, -0.2) is 29.7 Å². The van der Waals surface area contributed by atoms with E-state index in [1.165, 1.54) is 4.90 Å². The van der Waals surface area contributed by atoms with Gasteiger partial charge in [0, 0.05) is 16.8 Å². The summed E-state index contributed by atoms with van der Waals surface area (Å²) in [5.74, 6) is -1.07. The molecule has 0 aromatic heterocycles. The molecule has 6 heteroatoms. The van der Waals surface area contributed by atoms with Gasteiger partial charge in [-0.15, -0.1) is 0 Å². The number of nitrogens with one attached hydrogen (secondary N) is 1. The van der Waals surface area contributed by atoms with Crippen molar-refractivity contribution in [3.63, 3.8) is 0 Å². The molecule has 20 heavy (non-hydrogen) atoms. The van der Waals surface area contributed by atoms with Crippen molar-refractivity contribution >= 4 is 29.3 Å². The molecular weight excluding hydrogens is 280 g/mol. The Kier molecular flexibility index (Phi) is 4.63. The van der Waals surface area contributed by atoms with Crippen LogP contribution in [0.1, 0.15) is 12.8 Å². The van der Waals surface area contributed by atoms with E-state index in [-0.39, 0.29) is 6.04 Å². The quantitative estimate of drug-likeness (QED) is 0.839. The summed E-state index contributed by atoms with van der Waals surface area (Å²) in [6, 6.07) is 6.11. The number of halogens is 1. The second-order valence-corrected chi connectivity index (χ2v) is 4.98. The van der Waals surface area contributed by atoms with Gasteiger partial charge in [-0.3, -0.25) is 9.69 Å². The van der Waals surface area contributed by atoms with Crippen LogP contribution in [-0.2, 0) is 4.79 Å². The van der Waals surface area contributed by atoms with E-state index >= 15 is 0 Å². The molecule has 106 valence electrons.